The number of amides is 1. The molecule has 0 unspecified atom stereocenters. The molecule has 0 saturated heterocycles. The summed E-state index contributed by atoms with van der Waals surface area (Å²) in [4.78, 5) is 26.4. The number of hydrogen-bond donors (Lipinski definition) is 2. The minimum atomic E-state index is -0.338. The minimum Gasteiger partial charge on any atom is -0.462 e. The average molecular weight is 409 g/mol. The molecule has 2 aromatic heterocycles. The molecular weight excluding hydrogens is 388 g/mol. The molecule has 2 N–H and O–H groups in total. The number of fused-ring (bicyclic) bond motifs is 1. The van der Waals surface area contributed by atoms with Crippen LogP contribution in [0.25, 0.3) is 0 Å². The van der Waals surface area contributed by atoms with E-state index in [2.05, 4.69) is 17.6 Å². The minimum absolute atomic E-state index is 0.181. The zero-order valence-corrected chi connectivity index (χ0v) is 17.0. The van der Waals surface area contributed by atoms with Gasteiger partial charge in [-0.25, -0.2) is 4.79 Å². The molecule has 0 fully saturated rings. The summed E-state index contributed by atoms with van der Waals surface area (Å²) in [5.74, 6) is -0.00547. The number of thiophene rings is 2. The Labute approximate surface area is 165 Å². The molecule has 3 rings (SSSR count). The maximum absolute atomic E-state index is 12.5. The molecular formula is C18H20N2O3S3. The SMILES string of the molecule is CCOC(=O)c1c(NC(=S)NC(=O)c2cccs2)sc2c1CC[C@@H](C)C2. The van der Waals surface area contributed by atoms with Crippen molar-refractivity contribution in [3.8, 4) is 0 Å². The molecule has 1 aliphatic rings. The van der Waals surface area contributed by atoms with Crippen molar-refractivity contribution in [1.82, 2.24) is 5.32 Å². The van der Waals surface area contributed by atoms with Gasteiger partial charge in [-0.1, -0.05) is 13.0 Å². The van der Waals surface area contributed by atoms with Gasteiger partial charge in [0.2, 0.25) is 0 Å². The van der Waals surface area contributed by atoms with E-state index in [0.717, 1.165) is 24.8 Å². The predicted octanol–water partition coefficient (Wildman–Crippen LogP) is 4.24. The fourth-order valence-electron chi connectivity index (χ4n) is 2.96. The molecule has 0 aromatic carbocycles. The fraction of sp³-hybridized carbons (Fsp3) is 0.389. The molecule has 26 heavy (non-hydrogen) atoms. The number of thiocarbonyl (C=S) groups is 1. The summed E-state index contributed by atoms with van der Waals surface area (Å²) in [5.41, 5.74) is 1.62. The topological polar surface area (TPSA) is 67.4 Å². The number of carbonyl (C=O) groups is 2. The maximum atomic E-state index is 12.5. The summed E-state index contributed by atoms with van der Waals surface area (Å²) in [6.45, 7) is 4.32. The van der Waals surface area contributed by atoms with E-state index in [9.17, 15) is 9.59 Å². The lowest BCUT2D eigenvalue weighted by Gasteiger charge is -2.18. The zero-order chi connectivity index (χ0) is 18.7. The maximum Gasteiger partial charge on any atom is 0.341 e. The summed E-state index contributed by atoms with van der Waals surface area (Å²) < 4.78 is 5.24. The smallest absolute Gasteiger partial charge is 0.341 e. The molecule has 0 spiro atoms. The Hall–Kier alpha value is -1.77. The number of rotatable bonds is 4. The van der Waals surface area contributed by atoms with Crippen LogP contribution in [0, 0.1) is 5.92 Å². The number of hydrogen-bond acceptors (Lipinski definition) is 6. The van der Waals surface area contributed by atoms with E-state index in [1.807, 2.05) is 11.4 Å². The Kier molecular flexibility index (Phi) is 6.05. The van der Waals surface area contributed by atoms with Crippen molar-refractivity contribution in [3.63, 3.8) is 0 Å². The normalized spacial score (nSPS) is 15.8. The first-order chi connectivity index (χ1) is 12.5. The van der Waals surface area contributed by atoms with Gasteiger partial charge in [-0.2, -0.15) is 0 Å². The molecule has 1 amide bonds. The third-order valence-electron chi connectivity index (χ3n) is 4.19. The van der Waals surface area contributed by atoms with Gasteiger partial charge in [-0.15, -0.1) is 22.7 Å². The fourth-order valence-corrected chi connectivity index (χ4v) is 5.25. The Morgan fingerprint density at radius 1 is 1.42 bits per heavy atom. The number of ether oxygens (including phenoxy) is 1. The number of esters is 1. The van der Waals surface area contributed by atoms with E-state index in [-0.39, 0.29) is 17.0 Å². The van der Waals surface area contributed by atoms with E-state index in [4.69, 9.17) is 17.0 Å². The van der Waals surface area contributed by atoms with Crippen LogP contribution in [-0.2, 0) is 17.6 Å². The highest BCUT2D eigenvalue weighted by Gasteiger charge is 2.29. The third kappa shape index (κ3) is 4.13. The molecule has 138 valence electrons. The average Bonchev–Trinajstić information content (AvgIpc) is 3.21. The monoisotopic (exact) mass is 408 g/mol. The van der Waals surface area contributed by atoms with Gasteiger partial charge in [0.1, 0.15) is 5.00 Å². The van der Waals surface area contributed by atoms with E-state index in [1.165, 1.54) is 27.6 Å². The van der Waals surface area contributed by atoms with Crippen LogP contribution in [0.4, 0.5) is 5.00 Å². The lowest BCUT2D eigenvalue weighted by Crippen LogP contribution is -2.33. The molecule has 0 radical (unpaired) electrons. The zero-order valence-electron chi connectivity index (χ0n) is 14.6. The molecule has 0 bridgehead atoms. The molecule has 1 atom stereocenters. The molecule has 2 aromatic rings. The van der Waals surface area contributed by atoms with Crippen molar-refractivity contribution in [2.75, 3.05) is 11.9 Å². The molecule has 5 nitrogen and oxygen atoms in total. The van der Waals surface area contributed by atoms with Crippen molar-refractivity contribution >= 4 is 56.9 Å². The highest BCUT2D eigenvalue weighted by molar-refractivity contribution is 7.80. The van der Waals surface area contributed by atoms with Crippen LogP contribution in [0.3, 0.4) is 0 Å². The number of carbonyl (C=O) groups excluding carboxylic acids is 2. The first-order valence-corrected chi connectivity index (χ1v) is 10.6. The Morgan fingerprint density at radius 3 is 2.92 bits per heavy atom. The summed E-state index contributed by atoms with van der Waals surface area (Å²) >= 11 is 8.15. The first kappa shape index (κ1) is 19.0. The first-order valence-electron chi connectivity index (χ1n) is 8.47. The van der Waals surface area contributed by atoms with E-state index in [1.54, 1.807) is 13.0 Å². The van der Waals surface area contributed by atoms with Crippen molar-refractivity contribution in [1.29, 1.82) is 0 Å². The number of anilines is 1. The standard InChI is InChI=1S/C18H20N2O3S3/c1-3-23-17(22)14-11-7-6-10(2)9-13(11)26-16(14)20-18(24)19-15(21)12-5-4-8-25-12/h4-5,8,10H,3,6-7,9H2,1-2H3,(H2,19,20,21,24)/t10-/m1/s1. The largest absolute Gasteiger partial charge is 0.462 e. The molecule has 2 heterocycles. The third-order valence-corrected chi connectivity index (χ3v) is 6.43. The van der Waals surface area contributed by atoms with E-state index in [0.29, 0.717) is 28.0 Å². The van der Waals surface area contributed by atoms with Gasteiger partial charge >= 0.3 is 5.97 Å². The van der Waals surface area contributed by atoms with Gasteiger partial charge in [-0.05, 0) is 61.3 Å². The quantitative estimate of drug-likeness (QED) is 0.585. The van der Waals surface area contributed by atoms with Crippen LogP contribution in [-0.4, -0.2) is 23.6 Å². The van der Waals surface area contributed by atoms with Gasteiger partial charge in [0.15, 0.2) is 5.11 Å². The molecule has 8 heteroatoms. The van der Waals surface area contributed by atoms with Crippen LogP contribution >= 0.6 is 34.9 Å². The second-order valence-corrected chi connectivity index (χ2v) is 8.62. The summed E-state index contributed by atoms with van der Waals surface area (Å²) in [7, 11) is 0. The van der Waals surface area contributed by atoms with E-state index >= 15 is 0 Å². The van der Waals surface area contributed by atoms with Gasteiger partial charge in [0.05, 0.1) is 17.0 Å². The summed E-state index contributed by atoms with van der Waals surface area (Å²) in [6, 6.07) is 3.54. The van der Waals surface area contributed by atoms with Crippen molar-refractivity contribution in [2.45, 2.75) is 33.1 Å². The summed E-state index contributed by atoms with van der Waals surface area (Å²) in [5, 5.41) is 8.37. The van der Waals surface area contributed by atoms with Crippen LogP contribution in [0.2, 0.25) is 0 Å². The second kappa shape index (κ2) is 8.28. The van der Waals surface area contributed by atoms with Crippen LogP contribution < -0.4 is 10.6 Å². The van der Waals surface area contributed by atoms with Gasteiger partial charge in [-0.3, -0.25) is 10.1 Å². The molecule has 1 aliphatic carbocycles. The van der Waals surface area contributed by atoms with Crippen LogP contribution in [0.5, 0.6) is 0 Å². The van der Waals surface area contributed by atoms with Gasteiger partial charge in [0.25, 0.3) is 5.91 Å². The number of nitrogens with one attached hydrogen (secondary N) is 2. The Bertz CT molecular complexity index is 827. The van der Waals surface area contributed by atoms with Gasteiger partial charge < -0.3 is 10.1 Å². The molecule has 0 aliphatic heterocycles. The Balaban J connectivity index is 1.81. The highest BCUT2D eigenvalue weighted by Crippen LogP contribution is 2.40. The Morgan fingerprint density at radius 2 is 2.23 bits per heavy atom. The summed E-state index contributed by atoms with van der Waals surface area (Å²) in [6.07, 6.45) is 2.86. The van der Waals surface area contributed by atoms with E-state index < -0.39 is 0 Å². The highest BCUT2D eigenvalue weighted by atomic mass is 32.1. The van der Waals surface area contributed by atoms with Crippen molar-refractivity contribution in [3.05, 3.63) is 38.4 Å². The van der Waals surface area contributed by atoms with Crippen LogP contribution in [0.15, 0.2) is 17.5 Å². The second-order valence-electron chi connectivity index (χ2n) is 6.16. The molecule has 0 saturated carbocycles. The van der Waals surface area contributed by atoms with Crippen molar-refractivity contribution < 1.29 is 14.3 Å². The lowest BCUT2D eigenvalue weighted by atomic mass is 9.88. The van der Waals surface area contributed by atoms with Gasteiger partial charge in [0, 0.05) is 4.88 Å². The predicted molar refractivity (Wildman–Crippen MR) is 109 cm³/mol. The lowest BCUT2D eigenvalue weighted by molar-refractivity contribution is 0.0526. The van der Waals surface area contributed by atoms with Crippen LogP contribution in [0.1, 0.15) is 50.7 Å². The van der Waals surface area contributed by atoms with Crippen molar-refractivity contribution in [2.24, 2.45) is 5.92 Å².